The van der Waals surface area contributed by atoms with Gasteiger partial charge in [0.1, 0.15) is 5.75 Å². The average Bonchev–Trinajstić information content (AvgIpc) is 2.25. The molecule has 0 radical (unpaired) electrons. The molecule has 0 amide bonds. The number of ether oxygens (including phenoxy) is 1. The van der Waals surface area contributed by atoms with Gasteiger partial charge >= 0.3 is 0 Å². The maximum absolute atomic E-state index is 8.06. The summed E-state index contributed by atoms with van der Waals surface area (Å²) < 4.78 is 5.38. The molecule has 0 bridgehead atoms. The monoisotopic (exact) mass is 205 g/mol. The number of rotatable bonds is 5. The maximum Gasteiger partial charge on any atom is 0.119 e. The van der Waals surface area contributed by atoms with E-state index in [-0.39, 0.29) is 0 Å². The molecule has 15 heavy (non-hydrogen) atoms. The molecule has 0 heterocycles. The lowest BCUT2D eigenvalue weighted by Gasteiger charge is -2.07. The third-order valence-corrected chi connectivity index (χ3v) is 2.07. The van der Waals surface area contributed by atoms with Crippen LogP contribution in [-0.4, -0.2) is 13.2 Å². The van der Waals surface area contributed by atoms with Gasteiger partial charge in [0.05, 0.1) is 13.2 Å². The third kappa shape index (κ3) is 3.92. The molecular formula is C11H15N3O. The fourth-order valence-electron chi connectivity index (χ4n) is 1.20. The van der Waals surface area contributed by atoms with Crippen molar-refractivity contribution in [1.82, 2.24) is 0 Å². The predicted octanol–water partition coefficient (Wildman–Crippen LogP) is 3.50. The van der Waals surface area contributed by atoms with Crippen molar-refractivity contribution in [3.8, 4) is 5.75 Å². The van der Waals surface area contributed by atoms with Crippen LogP contribution in [0, 0.1) is 0 Å². The van der Waals surface area contributed by atoms with E-state index >= 15 is 0 Å². The highest BCUT2D eigenvalue weighted by molar-refractivity contribution is 5.28. The molecule has 1 rings (SSSR count). The van der Waals surface area contributed by atoms with E-state index in [9.17, 15) is 0 Å². The van der Waals surface area contributed by atoms with Crippen LogP contribution >= 0.6 is 0 Å². The summed E-state index contributed by atoms with van der Waals surface area (Å²) in [5, 5.41) is 3.39. The van der Waals surface area contributed by atoms with Gasteiger partial charge in [-0.25, -0.2) is 0 Å². The summed E-state index contributed by atoms with van der Waals surface area (Å²) in [6.45, 7) is 5.09. The molecule has 1 aromatic rings. The molecule has 4 heteroatoms. The zero-order valence-electron chi connectivity index (χ0n) is 9.05. The van der Waals surface area contributed by atoms with Crippen molar-refractivity contribution in [1.29, 1.82) is 0 Å². The molecule has 0 aliphatic carbocycles. The van der Waals surface area contributed by atoms with E-state index in [1.807, 2.05) is 24.3 Å². The first-order chi connectivity index (χ1) is 7.24. The lowest BCUT2D eigenvalue weighted by Crippen LogP contribution is -2.00. The Hall–Kier alpha value is -1.67. The molecule has 1 aromatic carbocycles. The Kier molecular flexibility index (Phi) is 4.51. The molecule has 0 aromatic heterocycles. The highest BCUT2D eigenvalue weighted by Gasteiger charge is 1.98. The fourth-order valence-corrected chi connectivity index (χ4v) is 1.20. The van der Waals surface area contributed by atoms with Crippen molar-refractivity contribution >= 4 is 0 Å². The molecule has 0 aliphatic rings. The number of benzene rings is 1. The second kappa shape index (κ2) is 5.94. The maximum atomic E-state index is 8.06. The largest absolute Gasteiger partial charge is 0.493 e. The van der Waals surface area contributed by atoms with Gasteiger partial charge < -0.3 is 4.74 Å². The van der Waals surface area contributed by atoms with Crippen LogP contribution in [0.5, 0.6) is 5.75 Å². The third-order valence-electron chi connectivity index (χ3n) is 2.07. The van der Waals surface area contributed by atoms with E-state index in [1.165, 1.54) is 5.56 Å². The zero-order valence-corrected chi connectivity index (χ0v) is 9.05. The van der Waals surface area contributed by atoms with Crippen LogP contribution in [0.3, 0.4) is 0 Å². The first-order valence-electron chi connectivity index (χ1n) is 4.97. The summed E-state index contributed by atoms with van der Waals surface area (Å²) in [6, 6.07) is 7.97. The van der Waals surface area contributed by atoms with Crippen molar-refractivity contribution in [2.75, 3.05) is 13.2 Å². The van der Waals surface area contributed by atoms with Crippen LogP contribution in [0.1, 0.15) is 25.3 Å². The van der Waals surface area contributed by atoms with Crippen molar-refractivity contribution in [3.63, 3.8) is 0 Å². The van der Waals surface area contributed by atoms with Gasteiger partial charge in [0.25, 0.3) is 0 Å². The van der Waals surface area contributed by atoms with E-state index in [1.54, 1.807) is 0 Å². The molecular weight excluding hydrogens is 190 g/mol. The molecule has 0 N–H and O–H groups in total. The summed E-state index contributed by atoms with van der Waals surface area (Å²) >= 11 is 0. The Balaban J connectivity index is 2.46. The van der Waals surface area contributed by atoms with Crippen LogP contribution in [0.15, 0.2) is 29.4 Å². The molecule has 0 saturated carbocycles. The second-order valence-corrected chi connectivity index (χ2v) is 3.53. The van der Waals surface area contributed by atoms with Gasteiger partial charge in [-0.1, -0.05) is 31.1 Å². The zero-order chi connectivity index (χ0) is 11.1. The van der Waals surface area contributed by atoms with Gasteiger partial charge in [0.2, 0.25) is 0 Å². The smallest absolute Gasteiger partial charge is 0.119 e. The number of nitrogens with zero attached hydrogens (tertiary/aromatic N) is 3. The SMILES string of the molecule is CC(C)c1ccc(OCCN=[N+]=[N-])cc1. The van der Waals surface area contributed by atoms with Crippen LogP contribution in [0.25, 0.3) is 10.4 Å². The standard InChI is InChI=1S/C11H15N3O/c1-9(2)10-3-5-11(6-4-10)15-8-7-13-14-12/h3-6,9H,7-8H2,1-2H3. The van der Waals surface area contributed by atoms with Crippen molar-refractivity contribution in [2.45, 2.75) is 19.8 Å². The lowest BCUT2D eigenvalue weighted by atomic mass is 10.0. The van der Waals surface area contributed by atoms with Crippen LogP contribution in [-0.2, 0) is 0 Å². The van der Waals surface area contributed by atoms with Crippen molar-refractivity contribution in [2.24, 2.45) is 5.11 Å². The molecule has 0 atom stereocenters. The Bertz CT molecular complexity index is 339. The Morgan fingerprint density at radius 2 is 2.00 bits per heavy atom. The van der Waals surface area contributed by atoms with Gasteiger partial charge in [-0.15, -0.1) is 0 Å². The van der Waals surface area contributed by atoms with Gasteiger partial charge in [-0.05, 0) is 29.1 Å². The van der Waals surface area contributed by atoms with E-state index in [0.717, 1.165) is 5.75 Å². The molecule has 0 saturated heterocycles. The van der Waals surface area contributed by atoms with E-state index in [4.69, 9.17) is 10.3 Å². The van der Waals surface area contributed by atoms with Gasteiger partial charge in [0, 0.05) is 4.91 Å². The summed E-state index contributed by atoms with van der Waals surface area (Å²) in [5.41, 5.74) is 9.35. The molecule has 0 spiro atoms. The Morgan fingerprint density at radius 3 is 2.53 bits per heavy atom. The molecule has 0 fully saturated rings. The highest BCUT2D eigenvalue weighted by Crippen LogP contribution is 2.18. The molecule has 4 nitrogen and oxygen atoms in total. The van der Waals surface area contributed by atoms with Gasteiger partial charge in [0.15, 0.2) is 0 Å². The van der Waals surface area contributed by atoms with Gasteiger partial charge in [-0.3, -0.25) is 0 Å². The van der Waals surface area contributed by atoms with E-state index in [0.29, 0.717) is 19.1 Å². The summed E-state index contributed by atoms with van der Waals surface area (Å²) in [4.78, 5) is 2.65. The minimum Gasteiger partial charge on any atom is -0.493 e. The number of azide groups is 1. The average molecular weight is 205 g/mol. The van der Waals surface area contributed by atoms with Crippen LogP contribution in [0.2, 0.25) is 0 Å². The molecule has 0 aliphatic heterocycles. The first kappa shape index (κ1) is 11.4. The summed E-state index contributed by atoms with van der Waals surface area (Å²) in [7, 11) is 0. The fraction of sp³-hybridized carbons (Fsp3) is 0.455. The van der Waals surface area contributed by atoms with Gasteiger partial charge in [-0.2, -0.15) is 0 Å². The quantitative estimate of drug-likeness (QED) is 0.314. The van der Waals surface area contributed by atoms with Crippen molar-refractivity contribution in [3.05, 3.63) is 40.3 Å². The van der Waals surface area contributed by atoms with Crippen LogP contribution in [0.4, 0.5) is 0 Å². The Labute approximate surface area is 89.5 Å². The number of hydrogen-bond donors (Lipinski definition) is 0. The number of hydrogen-bond acceptors (Lipinski definition) is 2. The molecule has 0 unspecified atom stereocenters. The summed E-state index contributed by atoms with van der Waals surface area (Å²) in [6.07, 6.45) is 0. The van der Waals surface area contributed by atoms with E-state index < -0.39 is 0 Å². The topological polar surface area (TPSA) is 58.0 Å². The second-order valence-electron chi connectivity index (χ2n) is 3.53. The van der Waals surface area contributed by atoms with Crippen molar-refractivity contribution < 1.29 is 4.74 Å². The summed E-state index contributed by atoms with van der Waals surface area (Å²) in [5.74, 6) is 1.34. The minimum atomic E-state index is 0.364. The van der Waals surface area contributed by atoms with E-state index in [2.05, 4.69) is 23.9 Å². The van der Waals surface area contributed by atoms with Crippen LogP contribution < -0.4 is 4.74 Å². The minimum absolute atomic E-state index is 0.364. The molecule has 80 valence electrons. The first-order valence-corrected chi connectivity index (χ1v) is 4.97. The predicted molar refractivity (Wildman–Crippen MR) is 60.0 cm³/mol. The highest BCUT2D eigenvalue weighted by atomic mass is 16.5. The Morgan fingerprint density at radius 1 is 1.33 bits per heavy atom. The lowest BCUT2D eigenvalue weighted by molar-refractivity contribution is 0.328. The normalized spacial score (nSPS) is 9.80.